The van der Waals surface area contributed by atoms with Crippen LogP contribution in [0.2, 0.25) is 0 Å². The Hall–Kier alpha value is -3.66. The molecule has 0 aliphatic rings. The third-order valence-electron chi connectivity index (χ3n) is 5.13. The minimum absolute atomic E-state index is 0.333. The van der Waals surface area contributed by atoms with Gasteiger partial charge in [-0.3, -0.25) is 4.98 Å². The molecule has 4 nitrogen and oxygen atoms in total. The number of ether oxygens (including phenoxy) is 2. The van der Waals surface area contributed by atoms with Crippen molar-refractivity contribution in [2.24, 2.45) is 0 Å². The zero-order chi connectivity index (χ0) is 22.2. The molecule has 0 bridgehead atoms. The normalized spacial score (nSPS) is 12.2. The predicted molar refractivity (Wildman–Crippen MR) is 125 cm³/mol. The average Bonchev–Trinajstić information content (AvgIpc) is 2.84. The first-order valence-electron chi connectivity index (χ1n) is 10.2. The summed E-state index contributed by atoms with van der Waals surface area (Å²) in [7, 11) is 1.37. The Morgan fingerprint density at radius 2 is 1.61 bits per heavy atom. The first-order valence-corrected chi connectivity index (χ1v) is 10.2. The van der Waals surface area contributed by atoms with E-state index in [2.05, 4.69) is 4.98 Å². The van der Waals surface area contributed by atoms with Gasteiger partial charge in [0, 0.05) is 17.3 Å². The number of carbonyl (C=O) groups is 1. The molecule has 0 saturated carbocycles. The van der Waals surface area contributed by atoms with E-state index in [9.17, 15) is 4.79 Å². The molecule has 0 atom stereocenters. The molecule has 3 aromatic rings. The fourth-order valence-corrected chi connectivity index (χ4v) is 3.25. The first-order chi connectivity index (χ1) is 15.0. The van der Waals surface area contributed by atoms with Crippen molar-refractivity contribution in [1.82, 2.24) is 4.98 Å². The summed E-state index contributed by atoms with van der Waals surface area (Å²) in [6.07, 6.45) is 3.81. The van der Waals surface area contributed by atoms with Gasteiger partial charge in [-0.1, -0.05) is 66.7 Å². The van der Waals surface area contributed by atoms with Gasteiger partial charge in [-0.25, -0.2) is 4.79 Å². The maximum absolute atomic E-state index is 12.4. The van der Waals surface area contributed by atoms with Crippen molar-refractivity contribution < 1.29 is 14.3 Å². The van der Waals surface area contributed by atoms with Crippen molar-refractivity contribution >= 4 is 17.3 Å². The minimum Gasteiger partial charge on any atom is -0.488 e. The quantitative estimate of drug-likeness (QED) is 0.259. The number of hydrogen-bond donors (Lipinski definition) is 0. The first kappa shape index (κ1) is 22.0. The van der Waals surface area contributed by atoms with Crippen LogP contribution in [-0.4, -0.2) is 18.1 Å². The second-order valence-corrected chi connectivity index (χ2v) is 7.17. The van der Waals surface area contributed by atoms with Crippen molar-refractivity contribution in [2.45, 2.75) is 27.4 Å². The van der Waals surface area contributed by atoms with Gasteiger partial charge in [0.1, 0.15) is 12.4 Å². The maximum atomic E-state index is 12.4. The van der Waals surface area contributed by atoms with Gasteiger partial charge in [0.2, 0.25) is 0 Å². The van der Waals surface area contributed by atoms with E-state index >= 15 is 0 Å². The zero-order valence-electron chi connectivity index (χ0n) is 18.4. The Kier molecular flexibility index (Phi) is 7.39. The van der Waals surface area contributed by atoms with Crippen molar-refractivity contribution in [3.8, 4) is 11.3 Å². The summed E-state index contributed by atoms with van der Waals surface area (Å²) in [6, 6.07) is 21.9. The molecule has 0 aliphatic heterocycles. The van der Waals surface area contributed by atoms with Crippen molar-refractivity contribution in [1.29, 1.82) is 0 Å². The molecule has 0 radical (unpaired) electrons. The third kappa shape index (κ3) is 5.28. The largest absolute Gasteiger partial charge is 0.488 e. The van der Waals surface area contributed by atoms with Gasteiger partial charge >= 0.3 is 5.97 Å². The third-order valence-corrected chi connectivity index (χ3v) is 5.13. The van der Waals surface area contributed by atoms with E-state index in [0.717, 1.165) is 33.5 Å². The van der Waals surface area contributed by atoms with Gasteiger partial charge in [0.05, 0.1) is 18.4 Å². The molecule has 0 N–H and O–H groups in total. The number of nitrogens with zero attached hydrogens (tertiary/aromatic N) is 1. The molecule has 0 unspecified atom stereocenters. The lowest BCUT2D eigenvalue weighted by atomic mass is 9.97. The number of benzene rings is 2. The van der Waals surface area contributed by atoms with Gasteiger partial charge in [-0.2, -0.15) is 0 Å². The number of allylic oxidation sites excluding steroid dienone is 2. The number of aromatic nitrogens is 1. The molecular weight excluding hydrogens is 386 g/mol. The second kappa shape index (κ2) is 10.4. The summed E-state index contributed by atoms with van der Waals surface area (Å²) in [6.45, 7) is 6.07. The molecule has 4 heteroatoms. The van der Waals surface area contributed by atoms with Crippen LogP contribution in [0.3, 0.4) is 0 Å². The lowest BCUT2D eigenvalue weighted by Crippen LogP contribution is -2.09. The highest BCUT2D eigenvalue weighted by molar-refractivity contribution is 5.97. The van der Waals surface area contributed by atoms with Gasteiger partial charge < -0.3 is 9.47 Å². The zero-order valence-corrected chi connectivity index (χ0v) is 18.4. The molecule has 0 saturated heterocycles. The Balaban J connectivity index is 2.11. The average molecular weight is 414 g/mol. The minimum atomic E-state index is -0.431. The lowest BCUT2D eigenvalue weighted by Gasteiger charge is -2.18. The summed E-state index contributed by atoms with van der Waals surface area (Å²) in [5.74, 6) is 0.0401. The molecular formula is C27H27NO3. The molecule has 1 aromatic heterocycles. The molecule has 0 fully saturated rings. The van der Waals surface area contributed by atoms with Gasteiger partial charge in [0.15, 0.2) is 0 Å². The van der Waals surface area contributed by atoms with Crippen LogP contribution < -0.4 is 0 Å². The summed E-state index contributed by atoms with van der Waals surface area (Å²) in [5, 5.41) is 0. The second-order valence-electron chi connectivity index (χ2n) is 7.17. The van der Waals surface area contributed by atoms with E-state index in [-0.39, 0.29) is 0 Å². The summed E-state index contributed by atoms with van der Waals surface area (Å²) in [4.78, 5) is 17.1. The van der Waals surface area contributed by atoms with Crippen LogP contribution in [0.25, 0.3) is 22.6 Å². The van der Waals surface area contributed by atoms with Crippen LogP contribution in [0, 0.1) is 0 Å². The molecule has 31 heavy (non-hydrogen) atoms. The molecule has 0 aliphatic carbocycles. The van der Waals surface area contributed by atoms with E-state index in [4.69, 9.17) is 9.47 Å². The van der Waals surface area contributed by atoms with Crippen LogP contribution in [0.5, 0.6) is 0 Å². The molecule has 1 heterocycles. The van der Waals surface area contributed by atoms with Crippen molar-refractivity contribution in [3.63, 3.8) is 0 Å². The number of rotatable bonds is 7. The molecule has 3 rings (SSSR count). The van der Waals surface area contributed by atoms with Crippen LogP contribution in [0.15, 0.2) is 84.6 Å². The number of pyridine rings is 1. The fourth-order valence-electron chi connectivity index (χ4n) is 3.25. The van der Waals surface area contributed by atoms with E-state index in [1.807, 2.05) is 86.7 Å². The standard InChI is InChI=1S/C27H27NO3/c1-5-19(2)23-16-25(22-14-10-7-11-15-22)28-17-24(23)26(20(3)27(29)30-4)31-18-21-12-8-6-9-13-21/h5-17H,18H2,1-4H3/b19-5-,26-20-. The Morgan fingerprint density at radius 3 is 2.23 bits per heavy atom. The molecule has 0 amide bonds. The molecule has 0 spiro atoms. The van der Waals surface area contributed by atoms with Crippen LogP contribution >= 0.6 is 0 Å². The smallest absolute Gasteiger partial charge is 0.337 e. The predicted octanol–water partition coefficient (Wildman–Crippen LogP) is 6.29. The van der Waals surface area contributed by atoms with Crippen molar-refractivity contribution in [3.05, 3.63) is 101 Å². The molecule has 2 aromatic carbocycles. The summed E-state index contributed by atoms with van der Waals surface area (Å²) < 4.78 is 11.2. The van der Waals surface area contributed by atoms with E-state index < -0.39 is 5.97 Å². The van der Waals surface area contributed by atoms with E-state index in [1.54, 1.807) is 13.1 Å². The summed E-state index contributed by atoms with van der Waals surface area (Å²) in [5.41, 5.74) is 6.08. The SMILES string of the molecule is C/C=C(/C)c1cc(-c2ccccc2)ncc1/C(OCc1ccccc1)=C(\C)C(=O)OC. The highest BCUT2D eigenvalue weighted by atomic mass is 16.5. The number of carbonyl (C=O) groups excluding carboxylic acids is 1. The molecule has 158 valence electrons. The van der Waals surface area contributed by atoms with Crippen LogP contribution in [0.4, 0.5) is 0 Å². The van der Waals surface area contributed by atoms with Gasteiger partial charge in [-0.15, -0.1) is 0 Å². The van der Waals surface area contributed by atoms with Gasteiger partial charge in [0.25, 0.3) is 0 Å². The Labute approximate surface area is 183 Å². The highest BCUT2D eigenvalue weighted by Gasteiger charge is 2.20. The topological polar surface area (TPSA) is 48.4 Å². The van der Waals surface area contributed by atoms with E-state index in [0.29, 0.717) is 17.9 Å². The maximum Gasteiger partial charge on any atom is 0.337 e. The monoisotopic (exact) mass is 413 g/mol. The Bertz CT molecular complexity index is 1100. The van der Waals surface area contributed by atoms with Crippen LogP contribution in [-0.2, 0) is 20.9 Å². The Morgan fingerprint density at radius 1 is 0.968 bits per heavy atom. The number of methoxy groups -OCH3 is 1. The van der Waals surface area contributed by atoms with E-state index in [1.165, 1.54) is 7.11 Å². The van der Waals surface area contributed by atoms with Crippen LogP contribution in [0.1, 0.15) is 37.5 Å². The summed E-state index contributed by atoms with van der Waals surface area (Å²) >= 11 is 0. The lowest BCUT2D eigenvalue weighted by molar-refractivity contribution is -0.136. The highest BCUT2D eigenvalue weighted by Crippen LogP contribution is 2.32. The fraction of sp³-hybridized carbons (Fsp3) is 0.185. The van der Waals surface area contributed by atoms with Gasteiger partial charge in [-0.05, 0) is 43.5 Å². The number of esters is 1. The number of hydrogen-bond acceptors (Lipinski definition) is 4. The van der Waals surface area contributed by atoms with Crippen molar-refractivity contribution in [2.75, 3.05) is 7.11 Å².